The number of furan rings is 1. The molecule has 55 heavy (non-hydrogen) atoms. The lowest BCUT2D eigenvalue weighted by molar-refractivity contribution is 0.673. The molecule has 0 N–H and O–H groups in total. The Hall–Kier alpha value is -7.86. The number of rotatable bonds is 4. The summed E-state index contributed by atoms with van der Waals surface area (Å²) < 4.78 is 10.8. The molecule has 11 aromatic rings. The van der Waals surface area contributed by atoms with Gasteiger partial charge in [-0.2, -0.15) is 10.5 Å². The van der Waals surface area contributed by atoms with Crippen LogP contribution in [-0.2, 0) is 0 Å². The second-order valence-electron chi connectivity index (χ2n) is 13.9. The lowest BCUT2D eigenvalue weighted by atomic mass is 10.0. The first-order valence-corrected chi connectivity index (χ1v) is 18.2. The lowest BCUT2D eigenvalue weighted by Crippen LogP contribution is -2.04. The van der Waals surface area contributed by atoms with E-state index < -0.39 is 0 Å². The Morgan fingerprint density at radius 3 is 1.47 bits per heavy atom. The van der Waals surface area contributed by atoms with Crippen LogP contribution in [0.3, 0.4) is 0 Å². The first-order chi connectivity index (χ1) is 27.2. The summed E-state index contributed by atoms with van der Waals surface area (Å²) in [5, 5.41) is 28.0. The van der Waals surface area contributed by atoms with Crippen LogP contribution in [0, 0.1) is 22.7 Å². The Bertz CT molecular complexity index is 3350. The van der Waals surface area contributed by atoms with E-state index in [1.807, 2.05) is 54.6 Å². The fourth-order valence-corrected chi connectivity index (χ4v) is 8.52. The molecule has 0 bridgehead atoms. The highest BCUT2D eigenvalue weighted by Gasteiger charge is 2.23. The molecule has 0 aliphatic rings. The highest BCUT2D eigenvalue weighted by molar-refractivity contribution is 6.24. The van der Waals surface area contributed by atoms with Gasteiger partial charge in [-0.1, -0.05) is 109 Å². The van der Waals surface area contributed by atoms with Crippen molar-refractivity contribution in [1.82, 2.24) is 9.13 Å². The fourth-order valence-electron chi connectivity index (χ4n) is 8.52. The van der Waals surface area contributed by atoms with Crippen LogP contribution in [0.4, 0.5) is 0 Å². The highest BCUT2D eigenvalue weighted by atomic mass is 16.3. The Kier molecular flexibility index (Phi) is 6.61. The molecule has 0 aliphatic heterocycles. The van der Waals surface area contributed by atoms with Crippen molar-refractivity contribution in [3.05, 3.63) is 181 Å². The van der Waals surface area contributed by atoms with Gasteiger partial charge >= 0.3 is 0 Å². The second kappa shape index (κ2) is 11.8. The molecule has 11 rings (SSSR count). The van der Waals surface area contributed by atoms with E-state index in [9.17, 15) is 10.5 Å². The monoisotopic (exact) mass is 700 g/mol. The standard InChI is InChI=1S/C50H28N4O/c51-29-35-28-47(54-42-17-9-7-16-39(42)49-45(54)24-21-38-37-15-8-10-18-48(37)55-50(38)49)36(30-52)27-46(35)53-43-22-19-33(31-11-3-1-4-12-31)25-40(43)41-26-34(20-23-44(41)53)32-13-5-2-6-14-32/h1-28H. The van der Waals surface area contributed by atoms with Crippen LogP contribution in [-0.4, -0.2) is 9.13 Å². The van der Waals surface area contributed by atoms with E-state index in [1.165, 1.54) is 0 Å². The van der Waals surface area contributed by atoms with Crippen molar-refractivity contribution in [3.63, 3.8) is 0 Å². The van der Waals surface area contributed by atoms with Gasteiger partial charge in [0, 0.05) is 26.9 Å². The molecule has 0 fully saturated rings. The average Bonchev–Trinajstić information content (AvgIpc) is 3.91. The molecule has 0 saturated heterocycles. The molecule has 3 heterocycles. The molecule has 5 heteroatoms. The van der Waals surface area contributed by atoms with E-state index in [4.69, 9.17) is 4.42 Å². The quantitative estimate of drug-likeness (QED) is 0.183. The van der Waals surface area contributed by atoms with Gasteiger partial charge in [0.15, 0.2) is 0 Å². The zero-order valence-corrected chi connectivity index (χ0v) is 29.4. The van der Waals surface area contributed by atoms with Crippen LogP contribution in [0.2, 0.25) is 0 Å². The van der Waals surface area contributed by atoms with Crippen molar-refractivity contribution < 1.29 is 4.42 Å². The minimum atomic E-state index is 0.457. The van der Waals surface area contributed by atoms with Gasteiger partial charge in [-0.25, -0.2) is 0 Å². The molecule has 254 valence electrons. The minimum Gasteiger partial charge on any atom is -0.455 e. The number of hydrogen-bond donors (Lipinski definition) is 0. The molecule has 0 atom stereocenters. The Balaban J connectivity index is 1.18. The topological polar surface area (TPSA) is 70.6 Å². The maximum Gasteiger partial charge on any atom is 0.145 e. The second-order valence-corrected chi connectivity index (χ2v) is 13.9. The predicted molar refractivity (Wildman–Crippen MR) is 223 cm³/mol. The van der Waals surface area contributed by atoms with Gasteiger partial charge in [-0.15, -0.1) is 0 Å². The van der Waals surface area contributed by atoms with Crippen molar-refractivity contribution in [1.29, 1.82) is 10.5 Å². The molecule has 0 amide bonds. The largest absolute Gasteiger partial charge is 0.455 e. The van der Waals surface area contributed by atoms with Crippen LogP contribution < -0.4 is 0 Å². The SMILES string of the molecule is N#Cc1cc(-n2c3ccccc3c3c4oc5ccccc5c4ccc32)c(C#N)cc1-n1c2ccc(-c3ccccc3)cc2c2cc(-c3ccccc3)ccc21. The number of hydrogen-bond acceptors (Lipinski definition) is 3. The summed E-state index contributed by atoms with van der Waals surface area (Å²) in [6.45, 7) is 0. The summed E-state index contributed by atoms with van der Waals surface area (Å²) in [6.07, 6.45) is 0. The highest BCUT2D eigenvalue weighted by Crippen LogP contribution is 2.43. The van der Waals surface area contributed by atoms with Gasteiger partial charge in [0.1, 0.15) is 23.3 Å². The van der Waals surface area contributed by atoms with E-state index in [0.717, 1.165) is 87.8 Å². The lowest BCUT2D eigenvalue weighted by Gasteiger charge is -2.15. The van der Waals surface area contributed by atoms with Crippen molar-refractivity contribution in [2.45, 2.75) is 0 Å². The zero-order valence-electron chi connectivity index (χ0n) is 29.4. The fraction of sp³-hybridized carbons (Fsp3) is 0. The minimum absolute atomic E-state index is 0.457. The summed E-state index contributed by atoms with van der Waals surface area (Å²) in [7, 11) is 0. The molecule has 0 unspecified atom stereocenters. The smallest absolute Gasteiger partial charge is 0.145 e. The Labute approximate surface area is 315 Å². The molecule has 0 aliphatic carbocycles. The predicted octanol–water partition coefficient (Wildman–Crippen LogP) is 12.9. The third-order valence-electron chi connectivity index (χ3n) is 11.0. The molecule has 5 nitrogen and oxygen atoms in total. The van der Waals surface area contributed by atoms with Crippen molar-refractivity contribution in [3.8, 4) is 45.8 Å². The van der Waals surface area contributed by atoms with E-state index in [0.29, 0.717) is 22.5 Å². The Morgan fingerprint density at radius 2 is 0.873 bits per heavy atom. The number of fused-ring (bicyclic) bond motifs is 10. The first-order valence-electron chi connectivity index (χ1n) is 18.2. The first kappa shape index (κ1) is 30.7. The molecular weight excluding hydrogens is 673 g/mol. The summed E-state index contributed by atoms with van der Waals surface area (Å²) >= 11 is 0. The molecule has 8 aromatic carbocycles. The normalized spacial score (nSPS) is 11.6. The van der Waals surface area contributed by atoms with Gasteiger partial charge in [-0.3, -0.25) is 0 Å². The molecule has 0 radical (unpaired) electrons. The van der Waals surface area contributed by atoms with E-state index in [1.54, 1.807) is 0 Å². The molecule has 3 aromatic heterocycles. The number of nitrogens with zero attached hydrogens (tertiary/aromatic N) is 4. The van der Waals surface area contributed by atoms with Crippen LogP contribution in [0.25, 0.3) is 99.2 Å². The summed E-state index contributed by atoms with van der Waals surface area (Å²) in [4.78, 5) is 0. The van der Waals surface area contributed by atoms with Gasteiger partial charge in [0.05, 0.1) is 50.0 Å². The summed E-state index contributed by atoms with van der Waals surface area (Å²) in [5.41, 5.74) is 12.1. The maximum atomic E-state index is 10.9. The van der Waals surface area contributed by atoms with Gasteiger partial charge in [0.25, 0.3) is 0 Å². The molecule has 0 saturated carbocycles. The van der Waals surface area contributed by atoms with Crippen LogP contribution in [0.1, 0.15) is 11.1 Å². The zero-order chi connectivity index (χ0) is 36.6. The number of aromatic nitrogens is 2. The summed E-state index contributed by atoms with van der Waals surface area (Å²) in [5.74, 6) is 0. The van der Waals surface area contributed by atoms with E-state index in [-0.39, 0.29) is 0 Å². The number of benzene rings is 8. The average molecular weight is 701 g/mol. The van der Waals surface area contributed by atoms with Gasteiger partial charge in [0.2, 0.25) is 0 Å². The third kappa shape index (κ3) is 4.51. The van der Waals surface area contributed by atoms with E-state index >= 15 is 0 Å². The van der Waals surface area contributed by atoms with E-state index in [2.05, 4.69) is 137 Å². The van der Waals surface area contributed by atoms with Crippen LogP contribution in [0.5, 0.6) is 0 Å². The summed E-state index contributed by atoms with van der Waals surface area (Å²) in [6, 6.07) is 63.0. The molecular formula is C50H28N4O. The van der Waals surface area contributed by atoms with Gasteiger partial charge in [-0.05, 0) is 82.9 Å². The van der Waals surface area contributed by atoms with Gasteiger partial charge < -0.3 is 13.6 Å². The Morgan fingerprint density at radius 1 is 0.382 bits per heavy atom. The maximum absolute atomic E-state index is 10.9. The number of nitriles is 2. The third-order valence-corrected chi connectivity index (χ3v) is 11.0. The van der Waals surface area contributed by atoms with Crippen LogP contribution in [0.15, 0.2) is 174 Å². The molecule has 0 spiro atoms. The van der Waals surface area contributed by atoms with Crippen LogP contribution >= 0.6 is 0 Å². The van der Waals surface area contributed by atoms with Crippen molar-refractivity contribution in [2.75, 3.05) is 0 Å². The van der Waals surface area contributed by atoms with Crippen molar-refractivity contribution in [2.24, 2.45) is 0 Å². The number of para-hydroxylation sites is 2. The van der Waals surface area contributed by atoms with Crippen molar-refractivity contribution >= 4 is 65.6 Å².